The van der Waals surface area contributed by atoms with Crippen molar-refractivity contribution in [3.05, 3.63) is 0 Å². The van der Waals surface area contributed by atoms with Crippen LogP contribution in [0, 0.1) is 5.92 Å². The molecule has 2 atom stereocenters. The molecule has 0 aliphatic heterocycles. The number of amides is 1. The molecule has 0 bridgehead atoms. The minimum atomic E-state index is -0.00359. The van der Waals surface area contributed by atoms with E-state index in [1.807, 2.05) is 14.1 Å². The monoisotopic (exact) mass is 227 g/mol. The van der Waals surface area contributed by atoms with Crippen LogP contribution >= 0.6 is 0 Å². The first-order valence-corrected chi connectivity index (χ1v) is 6.03. The van der Waals surface area contributed by atoms with Gasteiger partial charge in [-0.05, 0) is 47.2 Å². The average Bonchev–Trinajstić information content (AvgIpc) is 2.61. The zero-order valence-corrected chi connectivity index (χ0v) is 10.9. The molecule has 2 unspecified atom stereocenters. The summed E-state index contributed by atoms with van der Waals surface area (Å²) >= 11 is 0. The summed E-state index contributed by atoms with van der Waals surface area (Å²) in [6, 6.07) is 0.220. The molecule has 16 heavy (non-hydrogen) atoms. The third kappa shape index (κ3) is 3.46. The Labute approximate surface area is 98.6 Å². The van der Waals surface area contributed by atoms with Gasteiger partial charge in [0.15, 0.2) is 0 Å². The highest BCUT2D eigenvalue weighted by Crippen LogP contribution is 2.24. The van der Waals surface area contributed by atoms with Gasteiger partial charge in [0.05, 0.1) is 0 Å². The Morgan fingerprint density at radius 1 is 1.44 bits per heavy atom. The second-order valence-corrected chi connectivity index (χ2v) is 5.69. The molecule has 0 saturated heterocycles. The lowest BCUT2D eigenvalue weighted by atomic mass is 10.0. The molecule has 1 aliphatic rings. The SMILES string of the molecule is CN(C)C(C)(C)CNC(=O)C1CCC(N)C1. The smallest absolute Gasteiger partial charge is 0.223 e. The molecule has 1 saturated carbocycles. The molecular weight excluding hydrogens is 202 g/mol. The molecule has 0 heterocycles. The minimum Gasteiger partial charge on any atom is -0.354 e. The van der Waals surface area contributed by atoms with E-state index >= 15 is 0 Å². The summed E-state index contributed by atoms with van der Waals surface area (Å²) in [5.74, 6) is 0.302. The summed E-state index contributed by atoms with van der Waals surface area (Å²) in [6.45, 7) is 4.92. The number of carbonyl (C=O) groups excluding carboxylic acids is 1. The Hall–Kier alpha value is -0.610. The summed E-state index contributed by atoms with van der Waals surface area (Å²) in [7, 11) is 4.05. The fraction of sp³-hybridized carbons (Fsp3) is 0.917. The van der Waals surface area contributed by atoms with Gasteiger partial charge in [0, 0.05) is 24.0 Å². The maximum Gasteiger partial charge on any atom is 0.223 e. The lowest BCUT2D eigenvalue weighted by Gasteiger charge is -2.33. The van der Waals surface area contributed by atoms with Crippen molar-refractivity contribution in [3.8, 4) is 0 Å². The van der Waals surface area contributed by atoms with Gasteiger partial charge in [-0.15, -0.1) is 0 Å². The van der Waals surface area contributed by atoms with Gasteiger partial charge < -0.3 is 16.0 Å². The molecule has 0 aromatic rings. The first-order chi connectivity index (χ1) is 7.33. The topological polar surface area (TPSA) is 58.4 Å². The normalized spacial score (nSPS) is 26.1. The molecule has 0 aromatic carbocycles. The predicted molar refractivity (Wildman–Crippen MR) is 66.1 cm³/mol. The van der Waals surface area contributed by atoms with Crippen LogP contribution in [0.5, 0.6) is 0 Å². The first-order valence-electron chi connectivity index (χ1n) is 6.03. The fourth-order valence-electron chi connectivity index (χ4n) is 1.86. The highest BCUT2D eigenvalue weighted by molar-refractivity contribution is 5.79. The van der Waals surface area contributed by atoms with Crippen LogP contribution in [0.15, 0.2) is 0 Å². The van der Waals surface area contributed by atoms with Crippen molar-refractivity contribution in [2.75, 3.05) is 20.6 Å². The van der Waals surface area contributed by atoms with E-state index < -0.39 is 0 Å². The van der Waals surface area contributed by atoms with Crippen molar-refractivity contribution in [1.29, 1.82) is 0 Å². The fourth-order valence-corrected chi connectivity index (χ4v) is 1.86. The predicted octanol–water partition coefficient (Wildman–Crippen LogP) is 0.570. The number of carbonyl (C=O) groups is 1. The first kappa shape index (κ1) is 13.5. The summed E-state index contributed by atoms with van der Waals surface area (Å²) in [4.78, 5) is 14.0. The summed E-state index contributed by atoms with van der Waals surface area (Å²) in [6.07, 6.45) is 2.76. The van der Waals surface area contributed by atoms with Gasteiger partial charge in [-0.1, -0.05) is 0 Å². The van der Waals surface area contributed by atoms with Crippen LogP contribution in [0.3, 0.4) is 0 Å². The van der Waals surface area contributed by atoms with E-state index in [1.165, 1.54) is 0 Å². The zero-order chi connectivity index (χ0) is 12.3. The maximum atomic E-state index is 11.9. The second-order valence-electron chi connectivity index (χ2n) is 5.69. The molecule has 0 aromatic heterocycles. The van der Waals surface area contributed by atoms with Gasteiger partial charge >= 0.3 is 0 Å². The lowest BCUT2D eigenvalue weighted by Crippen LogP contribution is -2.49. The molecule has 3 N–H and O–H groups in total. The molecule has 1 aliphatic carbocycles. The van der Waals surface area contributed by atoms with E-state index in [1.54, 1.807) is 0 Å². The lowest BCUT2D eigenvalue weighted by molar-refractivity contribution is -0.125. The largest absolute Gasteiger partial charge is 0.354 e. The van der Waals surface area contributed by atoms with Gasteiger partial charge in [0.2, 0.25) is 5.91 Å². The third-order valence-electron chi connectivity index (χ3n) is 3.75. The summed E-state index contributed by atoms with van der Waals surface area (Å²) < 4.78 is 0. The number of rotatable bonds is 4. The van der Waals surface area contributed by atoms with Crippen molar-refractivity contribution in [2.45, 2.75) is 44.7 Å². The molecule has 0 radical (unpaired) electrons. The number of nitrogens with one attached hydrogen (secondary N) is 1. The number of nitrogens with zero attached hydrogens (tertiary/aromatic N) is 1. The molecule has 94 valence electrons. The van der Waals surface area contributed by atoms with Gasteiger partial charge in [-0.25, -0.2) is 0 Å². The Morgan fingerprint density at radius 2 is 2.06 bits per heavy atom. The van der Waals surface area contributed by atoms with Crippen LogP contribution in [0.1, 0.15) is 33.1 Å². The second kappa shape index (κ2) is 5.15. The molecular formula is C12H25N3O. The molecule has 0 spiro atoms. The van der Waals surface area contributed by atoms with Crippen molar-refractivity contribution in [3.63, 3.8) is 0 Å². The standard InChI is InChI=1S/C12H25N3O/c1-12(2,15(3)4)8-14-11(16)9-5-6-10(13)7-9/h9-10H,5-8,13H2,1-4H3,(H,14,16). The van der Waals surface area contributed by atoms with Gasteiger partial charge in [-0.3, -0.25) is 4.79 Å². The van der Waals surface area contributed by atoms with Gasteiger partial charge in [0.25, 0.3) is 0 Å². The van der Waals surface area contributed by atoms with E-state index in [9.17, 15) is 4.79 Å². The average molecular weight is 227 g/mol. The van der Waals surface area contributed by atoms with Crippen molar-refractivity contribution < 1.29 is 4.79 Å². The molecule has 4 heteroatoms. The minimum absolute atomic E-state index is 0.00359. The van der Waals surface area contributed by atoms with Crippen LogP contribution in [-0.2, 0) is 4.79 Å². The van der Waals surface area contributed by atoms with Crippen LogP contribution in [0.2, 0.25) is 0 Å². The quantitative estimate of drug-likeness (QED) is 0.738. The van der Waals surface area contributed by atoms with Crippen LogP contribution in [0.4, 0.5) is 0 Å². The van der Waals surface area contributed by atoms with Crippen molar-refractivity contribution in [1.82, 2.24) is 10.2 Å². The summed E-state index contributed by atoms with van der Waals surface area (Å²) in [5.41, 5.74) is 5.80. The number of nitrogens with two attached hydrogens (primary N) is 1. The Balaban J connectivity index is 2.35. The number of hydrogen-bond donors (Lipinski definition) is 2. The van der Waals surface area contributed by atoms with E-state index in [0.717, 1.165) is 19.3 Å². The third-order valence-corrected chi connectivity index (χ3v) is 3.75. The van der Waals surface area contributed by atoms with E-state index in [2.05, 4.69) is 24.1 Å². The summed E-state index contributed by atoms with van der Waals surface area (Å²) in [5, 5.41) is 3.03. The number of hydrogen-bond acceptors (Lipinski definition) is 3. The van der Waals surface area contributed by atoms with Crippen molar-refractivity contribution >= 4 is 5.91 Å². The van der Waals surface area contributed by atoms with E-state index in [-0.39, 0.29) is 23.4 Å². The highest BCUT2D eigenvalue weighted by Gasteiger charge is 2.29. The molecule has 1 fully saturated rings. The van der Waals surface area contributed by atoms with Crippen LogP contribution < -0.4 is 11.1 Å². The molecule has 4 nitrogen and oxygen atoms in total. The Morgan fingerprint density at radius 3 is 2.50 bits per heavy atom. The van der Waals surface area contributed by atoms with Gasteiger partial charge in [-0.2, -0.15) is 0 Å². The van der Waals surface area contributed by atoms with Crippen LogP contribution in [0.25, 0.3) is 0 Å². The van der Waals surface area contributed by atoms with Crippen molar-refractivity contribution in [2.24, 2.45) is 11.7 Å². The van der Waals surface area contributed by atoms with Gasteiger partial charge in [0.1, 0.15) is 0 Å². The number of likely N-dealkylation sites (N-methyl/N-ethyl adjacent to an activating group) is 1. The van der Waals surface area contributed by atoms with E-state index in [0.29, 0.717) is 6.54 Å². The Kier molecular flexibility index (Phi) is 4.33. The molecule has 1 rings (SSSR count). The van der Waals surface area contributed by atoms with Crippen LogP contribution in [-0.4, -0.2) is 43.0 Å². The maximum absolute atomic E-state index is 11.9. The Bertz CT molecular complexity index is 251. The highest BCUT2D eigenvalue weighted by atomic mass is 16.1. The molecule has 1 amide bonds. The zero-order valence-electron chi connectivity index (χ0n) is 10.9. The van der Waals surface area contributed by atoms with E-state index in [4.69, 9.17) is 5.73 Å².